The second kappa shape index (κ2) is 4.78. The van der Waals surface area contributed by atoms with Crippen molar-refractivity contribution in [1.82, 2.24) is 14.8 Å². The summed E-state index contributed by atoms with van der Waals surface area (Å²) in [6.45, 7) is 8.36. The maximum atomic E-state index is 5.77. The average Bonchev–Trinajstić information content (AvgIpc) is 2.89. The Bertz CT molecular complexity index is 530. The predicted octanol–water partition coefficient (Wildman–Crippen LogP) is 3.61. The zero-order valence-corrected chi connectivity index (χ0v) is 12.1. The maximum Gasteiger partial charge on any atom is 0.117 e. The van der Waals surface area contributed by atoms with Crippen LogP contribution in [0, 0.1) is 20.8 Å². The summed E-state index contributed by atoms with van der Waals surface area (Å²) >= 11 is 7.42. The lowest BCUT2D eigenvalue weighted by atomic mass is 10.2. The number of thiazole rings is 1. The molecule has 0 aliphatic rings. The Morgan fingerprint density at radius 2 is 2.12 bits per heavy atom. The van der Waals surface area contributed by atoms with Crippen LogP contribution in [0.15, 0.2) is 5.38 Å². The van der Waals surface area contributed by atoms with E-state index in [1.807, 2.05) is 17.0 Å². The highest BCUT2D eigenvalue weighted by Gasteiger charge is 2.17. The summed E-state index contributed by atoms with van der Waals surface area (Å²) < 4.78 is 2.04. The SMILES string of the molecule is Cc1nn(C(C)c2nc(CCl)cs2)c(C)c1C. The van der Waals surface area contributed by atoms with Crippen LogP contribution >= 0.6 is 22.9 Å². The van der Waals surface area contributed by atoms with E-state index in [-0.39, 0.29) is 6.04 Å². The monoisotopic (exact) mass is 269 g/mol. The first kappa shape index (κ1) is 12.6. The molecule has 0 radical (unpaired) electrons. The summed E-state index contributed by atoms with van der Waals surface area (Å²) in [5.41, 5.74) is 4.49. The summed E-state index contributed by atoms with van der Waals surface area (Å²) in [5.74, 6) is 0.472. The minimum atomic E-state index is 0.171. The summed E-state index contributed by atoms with van der Waals surface area (Å²) in [5, 5.41) is 7.64. The minimum Gasteiger partial charge on any atom is -0.260 e. The highest BCUT2D eigenvalue weighted by molar-refractivity contribution is 7.09. The number of hydrogen-bond donors (Lipinski definition) is 0. The van der Waals surface area contributed by atoms with Crippen molar-refractivity contribution < 1.29 is 0 Å². The Hall–Kier alpha value is -0.870. The summed E-state index contributed by atoms with van der Waals surface area (Å²) in [4.78, 5) is 4.51. The Morgan fingerprint density at radius 1 is 1.41 bits per heavy atom. The van der Waals surface area contributed by atoms with E-state index < -0.39 is 0 Å². The molecule has 0 fully saturated rings. The largest absolute Gasteiger partial charge is 0.260 e. The first-order valence-corrected chi connectivity index (χ1v) is 6.98. The van der Waals surface area contributed by atoms with E-state index >= 15 is 0 Å². The van der Waals surface area contributed by atoms with Gasteiger partial charge in [0.25, 0.3) is 0 Å². The molecule has 1 atom stereocenters. The molecule has 2 heterocycles. The van der Waals surface area contributed by atoms with Crippen molar-refractivity contribution in [2.45, 2.75) is 39.6 Å². The van der Waals surface area contributed by atoms with Crippen LogP contribution in [-0.2, 0) is 5.88 Å². The number of halogens is 1. The molecule has 2 aromatic rings. The molecule has 0 saturated heterocycles. The fourth-order valence-electron chi connectivity index (χ4n) is 1.80. The molecule has 2 rings (SSSR count). The molecule has 0 spiro atoms. The van der Waals surface area contributed by atoms with Crippen molar-refractivity contribution >= 4 is 22.9 Å². The molecule has 0 aliphatic carbocycles. The molecule has 0 aliphatic heterocycles. The van der Waals surface area contributed by atoms with Crippen LogP contribution in [0.4, 0.5) is 0 Å². The molecule has 0 aromatic carbocycles. The second-order valence-corrected chi connectivity index (χ2v) is 5.38. The Kier molecular flexibility index (Phi) is 3.54. The highest BCUT2D eigenvalue weighted by Crippen LogP contribution is 2.25. The van der Waals surface area contributed by atoms with Gasteiger partial charge in [0.2, 0.25) is 0 Å². The van der Waals surface area contributed by atoms with Crippen LogP contribution < -0.4 is 0 Å². The lowest BCUT2D eigenvalue weighted by Gasteiger charge is -2.11. The molecule has 0 amide bonds. The second-order valence-electron chi connectivity index (χ2n) is 4.23. The van der Waals surface area contributed by atoms with Gasteiger partial charge in [0.1, 0.15) is 11.0 Å². The van der Waals surface area contributed by atoms with Gasteiger partial charge in [0.05, 0.1) is 17.3 Å². The lowest BCUT2D eigenvalue weighted by Crippen LogP contribution is -2.10. The molecule has 17 heavy (non-hydrogen) atoms. The Balaban J connectivity index is 2.36. The Morgan fingerprint density at radius 3 is 2.59 bits per heavy atom. The molecule has 0 saturated carbocycles. The summed E-state index contributed by atoms with van der Waals surface area (Å²) in [7, 11) is 0. The van der Waals surface area contributed by atoms with Gasteiger partial charge in [-0.15, -0.1) is 22.9 Å². The third-order valence-electron chi connectivity index (χ3n) is 3.12. The van der Waals surface area contributed by atoms with Gasteiger partial charge in [-0.25, -0.2) is 4.98 Å². The Labute approximate surface area is 110 Å². The summed E-state index contributed by atoms with van der Waals surface area (Å²) in [6.07, 6.45) is 0. The van der Waals surface area contributed by atoms with E-state index in [1.165, 1.54) is 11.3 Å². The van der Waals surface area contributed by atoms with E-state index in [1.54, 1.807) is 11.3 Å². The van der Waals surface area contributed by atoms with E-state index in [2.05, 4.69) is 30.9 Å². The molecule has 92 valence electrons. The van der Waals surface area contributed by atoms with Crippen molar-refractivity contribution in [2.75, 3.05) is 0 Å². The topological polar surface area (TPSA) is 30.7 Å². The first-order valence-electron chi connectivity index (χ1n) is 5.57. The lowest BCUT2D eigenvalue weighted by molar-refractivity contribution is 0.543. The zero-order chi connectivity index (χ0) is 12.6. The van der Waals surface area contributed by atoms with E-state index in [4.69, 9.17) is 11.6 Å². The molecule has 0 bridgehead atoms. The standard InChI is InChI=1S/C12H16ClN3S/c1-7-8(2)15-16(9(7)3)10(4)12-14-11(5-13)6-17-12/h6,10H,5H2,1-4H3. The number of alkyl halides is 1. The van der Waals surface area contributed by atoms with Crippen molar-refractivity contribution in [3.63, 3.8) is 0 Å². The highest BCUT2D eigenvalue weighted by atomic mass is 35.5. The fraction of sp³-hybridized carbons (Fsp3) is 0.500. The molecule has 1 unspecified atom stereocenters. The van der Waals surface area contributed by atoms with Gasteiger partial charge in [0.15, 0.2) is 0 Å². The van der Waals surface area contributed by atoms with Crippen molar-refractivity contribution in [1.29, 1.82) is 0 Å². The van der Waals surface area contributed by atoms with Crippen LogP contribution in [-0.4, -0.2) is 14.8 Å². The normalized spacial score (nSPS) is 13.0. The third kappa shape index (κ3) is 2.24. The molecular formula is C12H16ClN3S. The number of aryl methyl sites for hydroxylation is 1. The van der Waals surface area contributed by atoms with E-state index in [0.717, 1.165) is 16.4 Å². The van der Waals surface area contributed by atoms with Crippen LogP contribution in [0.5, 0.6) is 0 Å². The van der Waals surface area contributed by atoms with Crippen LogP contribution in [0.25, 0.3) is 0 Å². The predicted molar refractivity (Wildman–Crippen MR) is 71.9 cm³/mol. The first-order chi connectivity index (χ1) is 8.04. The molecular weight excluding hydrogens is 254 g/mol. The van der Waals surface area contributed by atoms with E-state index in [0.29, 0.717) is 5.88 Å². The van der Waals surface area contributed by atoms with Crippen molar-refractivity contribution in [2.24, 2.45) is 0 Å². The summed E-state index contributed by atoms with van der Waals surface area (Å²) in [6, 6.07) is 0.171. The van der Waals surface area contributed by atoms with Gasteiger partial charge in [-0.2, -0.15) is 5.10 Å². The van der Waals surface area contributed by atoms with Crippen LogP contribution in [0.3, 0.4) is 0 Å². The fourth-order valence-corrected chi connectivity index (χ4v) is 2.89. The van der Waals surface area contributed by atoms with Crippen molar-refractivity contribution in [3.8, 4) is 0 Å². The minimum absolute atomic E-state index is 0.171. The van der Waals surface area contributed by atoms with Gasteiger partial charge in [-0.1, -0.05) is 0 Å². The maximum absolute atomic E-state index is 5.77. The smallest absolute Gasteiger partial charge is 0.117 e. The molecule has 0 N–H and O–H groups in total. The van der Waals surface area contributed by atoms with Gasteiger partial charge in [-0.05, 0) is 33.3 Å². The molecule has 5 heteroatoms. The number of rotatable bonds is 3. The third-order valence-corrected chi connectivity index (χ3v) is 4.46. The van der Waals surface area contributed by atoms with E-state index in [9.17, 15) is 0 Å². The van der Waals surface area contributed by atoms with Crippen LogP contribution in [0.1, 0.15) is 40.6 Å². The van der Waals surface area contributed by atoms with Crippen LogP contribution in [0.2, 0.25) is 0 Å². The van der Waals surface area contributed by atoms with Gasteiger partial charge in [-0.3, -0.25) is 4.68 Å². The molecule has 3 nitrogen and oxygen atoms in total. The quantitative estimate of drug-likeness (QED) is 0.797. The number of aromatic nitrogens is 3. The number of hydrogen-bond acceptors (Lipinski definition) is 3. The van der Waals surface area contributed by atoms with Gasteiger partial charge in [0, 0.05) is 11.1 Å². The zero-order valence-electron chi connectivity index (χ0n) is 10.5. The van der Waals surface area contributed by atoms with Gasteiger partial charge >= 0.3 is 0 Å². The van der Waals surface area contributed by atoms with Crippen molar-refractivity contribution in [3.05, 3.63) is 33.0 Å². The average molecular weight is 270 g/mol. The van der Waals surface area contributed by atoms with Gasteiger partial charge < -0.3 is 0 Å². The number of nitrogens with zero attached hydrogens (tertiary/aromatic N) is 3. The molecule has 2 aromatic heterocycles.